The third-order valence-electron chi connectivity index (χ3n) is 3.27. The molecule has 7 heteroatoms. The number of nitrogens with zero attached hydrogens (tertiary/aromatic N) is 2. The lowest BCUT2D eigenvalue weighted by Gasteiger charge is -2.07. The number of pyridine rings is 1. The fourth-order valence-electron chi connectivity index (χ4n) is 2.08. The molecular weight excluding hydrogens is 402 g/mol. The third kappa shape index (κ3) is 4.74. The van der Waals surface area contributed by atoms with Crippen molar-refractivity contribution in [2.24, 2.45) is 4.99 Å². The van der Waals surface area contributed by atoms with Crippen molar-refractivity contribution in [3.05, 3.63) is 83.1 Å². The molecule has 0 fully saturated rings. The largest absolute Gasteiger partial charge is 0.278 e. The van der Waals surface area contributed by atoms with Gasteiger partial charge in [0.2, 0.25) is 0 Å². The first-order chi connectivity index (χ1) is 12.0. The van der Waals surface area contributed by atoms with Crippen LogP contribution in [0.15, 0.2) is 87.4 Å². The minimum Gasteiger partial charge on any atom is -0.278 e. The highest BCUT2D eigenvalue weighted by Gasteiger charge is 2.13. The van der Waals surface area contributed by atoms with Crippen LogP contribution in [-0.2, 0) is 10.0 Å². The maximum Gasteiger partial charge on any atom is 0.261 e. The molecule has 0 aliphatic carbocycles. The van der Waals surface area contributed by atoms with E-state index in [0.717, 1.165) is 10.0 Å². The number of hydrogen-bond acceptors (Lipinski definition) is 4. The van der Waals surface area contributed by atoms with Crippen molar-refractivity contribution in [2.45, 2.75) is 4.90 Å². The average Bonchev–Trinajstić information content (AvgIpc) is 2.61. The number of anilines is 1. The Labute approximate surface area is 154 Å². The first-order valence-corrected chi connectivity index (χ1v) is 9.63. The van der Waals surface area contributed by atoms with Crippen LogP contribution in [0, 0.1) is 0 Å². The molecule has 0 aliphatic rings. The van der Waals surface area contributed by atoms with E-state index in [2.05, 4.69) is 30.6 Å². The number of rotatable bonds is 5. The maximum atomic E-state index is 12.3. The lowest BCUT2D eigenvalue weighted by atomic mass is 10.2. The molecule has 0 bridgehead atoms. The summed E-state index contributed by atoms with van der Waals surface area (Å²) >= 11 is 3.41. The Morgan fingerprint density at radius 3 is 2.52 bits per heavy atom. The fourth-order valence-corrected chi connectivity index (χ4v) is 3.54. The lowest BCUT2D eigenvalue weighted by Crippen LogP contribution is -2.12. The summed E-state index contributed by atoms with van der Waals surface area (Å²) in [4.78, 5) is 8.40. The summed E-state index contributed by atoms with van der Waals surface area (Å²) in [5.74, 6) is 0. The Morgan fingerprint density at radius 2 is 1.84 bits per heavy atom. The van der Waals surface area contributed by atoms with Gasteiger partial charge in [-0.3, -0.25) is 14.7 Å². The SMILES string of the molecule is O=S(=O)(Nc1cccnc1)c1ccc(N=Cc2cccc(Br)c2)cc1. The van der Waals surface area contributed by atoms with Crippen LogP contribution in [0.4, 0.5) is 11.4 Å². The second-order valence-corrected chi connectivity index (χ2v) is 7.75. The topological polar surface area (TPSA) is 71.4 Å². The number of aromatic nitrogens is 1. The summed E-state index contributed by atoms with van der Waals surface area (Å²) in [6, 6.07) is 17.4. The number of hydrogen-bond donors (Lipinski definition) is 1. The van der Waals surface area contributed by atoms with Crippen LogP contribution in [0.25, 0.3) is 0 Å². The quantitative estimate of drug-likeness (QED) is 0.627. The van der Waals surface area contributed by atoms with Crippen LogP contribution >= 0.6 is 15.9 Å². The number of benzene rings is 2. The molecule has 0 aliphatic heterocycles. The van der Waals surface area contributed by atoms with Crippen molar-refractivity contribution >= 4 is 43.5 Å². The molecule has 0 atom stereocenters. The van der Waals surface area contributed by atoms with E-state index in [-0.39, 0.29) is 4.90 Å². The van der Waals surface area contributed by atoms with E-state index in [4.69, 9.17) is 0 Å². The van der Waals surface area contributed by atoms with Crippen LogP contribution in [0.1, 0.15) is 5.56 Å². The normalized spacial score (nSPS) is 11.6. The molecule has 0 amide bonds. The van der Waals surface area contributed by atoms with Crippen molar-refractivity contribution in [3.8, 4) is 0 Å². The van der Waals surface area contributed by atoms with E-state index in [1.165, 1.54) is 18.3 Å². The van der Waals surface area contributed by atoms with E-state index < -0.39 is 10.0 Å². The van der Waals surface area contributed by atoms with Gasteiger partial charge in [0.25, 0.3) is 10.0 Å². The van der Waals surface area contributed by atoms with Crippen molar-refractivity contribution in [3.63, 3.8) is 0 Å². The van der Waals surface area contributed by atoms with E-state index in [0.29, 0.717) is 11.4 Å². The summed E-state index contributed by atoms with van der Waals surface area (Å²) in [5.41, 5.74) is 2.03. The monoisotopic (exact) mass is 415 g/mol. The van der Waals surface area contributed by atoms with Crippen molar-refractivity contribution in [1.29, 1.82) is 0 Å². The highest BCUT2D eigenvalue weighted by molar-refractivity contribution is 9.10. The molecule has 0 spiro atoms. The Balaban J connectivity index is 1.75. The zero-order valence-corrected chi connectivity index (χ0v) is 15.4. The number of halogens is 1. The standard InChI is InChI=1S/C18H14BrN3O2S/c19-15-4-1-3-14(11-15)12-21-16-6-8-18(9-7-16)25(23,24)22-17-5-2-10-20-13-17/h1-13,22H. The predicted molar refractivity (Wildman–Crippen MR) is 103 cm³/mol. The Morgan fingerprint density at radius 1 is 1.04 bits per heavy atom. The van der Waals surface area contributed by atoms with Gasteiger partial charge in [-0.25, -0.2) is 8.42 Å². The third-order valence-corrected chi connectivity index (χ3v) is 5.16. The second-order valence-electron chi connectivity index (χ2n) is 5.15. The molecule has 3 rings (SSSR count). The van der Waals surface area contributed by atoms with Gasteiger partial charge in [0.05, 0.1) is 22.5 Å². The van der Waals surface area contributed by atoms with Crippen molar-refractivity contribution < 1.29 is 8.42 Å². The second kappa shape index (κ2) is 7.58. The van der Waals surface area contributed by atoms with E-state index in [1.807, 2.05) is 24.3 Å². The number of sulfonamides is 1. The van der Waals surface area contributed by atoms with Gasteiger partial charge >= 0.3 is 0 Å². The van der Waals surface area contributed by atoms with Crippen LogP contribution in [0.3, 0.4) is 0 Å². The number of aliphatic imine (C=N–C) groups is 1. The fraction of sp³-hybridized carbons (Fsp3) is 0. The highest BCUT2D eigenvalue weighted by atomic mass is 79.9. The highest BCUT2D eigenvalue weighted by Crippen LogP contribution is 2.19. The minimum atomic E-state index is -3.65. The molecule has 0 saturated carbocycles. The Kier molecular flexibility index (Phi) is 5.25. The average molecular weight is 416 g/mol. The Hall–Kier alpha value is -2.51. The minimum absolute atomic E-state index is 0.165. The molecule has 1 heterocycles. The molecule has 2 aromatic carbocycles. The molecule has 0 radical (unpaired) electrons. The van der Waals surface area contributed by atoms with Gasteiger partial charge in [-0.15, -0.1) is 0 Å². The molecule has 5 nitrogen and oxygen atoms in total. The van der Waals surface area contributed by atoms with Crippen LogP contribution in [0.5, 0.6) is 0 Å². The molecule has 1 N–H and O–H groups in total. The van der Waals surface area contributed by atoms with Crippen LogP contribution in [-0.4, -0.2) is 19.6 Å². The van der Waals surface area contributed by atoms with Crippen LogP contribution < -0.4 is 4.72 Å². The lowest BCUT2D eigenvalue weighted by molar-refractivity contribution is 0.601. The number of nitrogens with one attached hydrogen (secondary N) is 1. The molecule has 0 saturated heterocycles. The molecular formula is C18H14BrN3O2S. The summed E-state index contributed by atoms with van der Waals surface area (Å²) in [6.45, 7) is 0. The smallest absolute Gasteiger partial charge is 0.261 e. The van der Waals surface area contributed by atoms with Gasteiger partial charge in [0.1, 0.15) is 0 Å². The summed E-state index contributed by atoms with van der Waals surface area (Å²) < 4.78 is 28.2. The van der Waals surface area contributed by atoms with Gasteiger partial charge in [0, 0.05) is 16.9 Å². The van der Waals surface area contributed by atoms with Crippen LogP contribution in [0.2, 0.25) is 0 Å². The zero-order chi connectivity index (χ0) is 17.7. The van der Waals surface area contributed by atoms with Gasteiger partial charge in [0.15, 0.2) is 0 Å². The first-order valence-electron chi connectivity index (χ1n) is 7.35. The Bertz CT molecular complexity index is 988. The molecule has 1 aromatic heterocycles. The van der Waals surface area contributed by atoms with E-state index in [9.17, 15) is 8.42 Å². The van der Waals surface area contributed by atoms with Gasteiger partial charge in [-0.1, -0.05) is 28.1 Å². The van der Waals surface area contributed by atoms with E-state index >= 15 is 0 Å². The molecule has 0 unspecified atom stereocenters. The molecule has 3 aromatic rings. The maximum absolute atomic E-state index is 12.3. The van der Waals surface area contributed by atoms with Crippen molar-refractivity contribution in [2.75, 3.05) is 4.72 Å². The molecule has 25 heavy (non-hydrogen) atoms. The first kappa shape index (κ1) is 17.3. The van der Waals surface area contributed by atoms with Gasteiger partial charge in [-0.2, -0.15) is 0 Å². The predicted octanol–water partition coefficient (Wildman–Crippen LogP) is 4.40. The molecule has 126 valence electrons. The summed E-state index contributed by atoms with van der Waals surface area (Å²) in [6.07, 6.45) is 4.76. The van der Waals surface area contributed by atoms with E-state index in [1.54, 1.807) is 36.7 Å². The summed E-state index contributed by atoms with van der Waals surface area (Å²) in [7, 11) is -3.65. The summed E-state index contributed by atoms with van der Waals surface area (Å²) in [5, 5.41) is 0. The van der Waals surface area contributed by atoms with Gasteiger partial charge < -0.3 is 0 Å². The zero-order valence-electron chi connectivity index (χ0n) is 13.0. The van der Waals surface area contributed by atoms with Gasteiger partial charge in [-0.05, 0) is 54.1 Å². The van der Waals surface area contributed by atoms with Crippen molar-refractivity contribution in [1.82, 2.24) is 4.98 Å².